The maximum absolute atomic E-state index is 12.7. The maximum Gasteiger partial charge on any atom is 0.472 e. The molecule has 0 amide bonds. The average molecular weight is 928 g/mol. The van der Waals surface area contributed by atoms with Crippen LogP contribution in [-0.2, 0) is 32.7 Å². The lowest BCUT2D eigenvalue weighted by Crippen LogP contribution is -2.34. The summed E-state index contributed by atoms with van der Waals surface area (Å²) in [4.78, 5) is 33.7. The Morgan fingerprint density at radius 1 is 0.500 bits per heavy atom. The van der Waals surface area contributed by atoms with E-state index >= 15 is 0 Å². The first-order valence-corrected chi connectivity index (χ1v) is 28.4. The van der Waals surface area contributed by atoms with Gasteiger partial charge in [-0.3, -0.25) is 18.6 Å². The average Bonchev–Trinajstić information content (AvgIpc) is 3.28. The minimum Gasteiger partial charge on any atom is -0.480 e. The van der Waals surface area contributed by atoms with Crippen molar-refractivity contribution >= 4 is 19.8 Å². The fraction of sp³-hybridized carbons (Fsp3) is 0.887. The van der Waals surface area contributed by atoms with Crippen molar-refractivity contribution < 1.29 is 42.7 Å². The summed E-state index contributed by atoms with van der Waals surface area (Å²) >= 11 is 0. The Morgan fingerprint density at radius 3 is 1.27 bits per heavy atom. The molecule has 0 aliphatic heterocycles. The standard InChI is InChI=1S/C53H102NO9P/c1-3-5-7-9-11-13-15-17-19-21-23-24-25-26-27-28-30-32-34-36-38-40-42-44-46-60-47-50(48-61-64(58,59)62-49-51(54)53(56)57)63-52(55)45-43-41-39-37-35-33-31-29-22-20-18-16-14-12-10-8-6-4-2/h15,17,21,23,50-51H,3-14,16,18-20,22,24-49,54H2,1-2H3,(H,56,57)(H,58,59)/b17-15-,23-21-. The smallest absolute Gasteiger partial charge is 0.472 e. The number of ether oxygens (including phenoxy) is 2. The maximum atomic E-state index is 12.7. The number of hydrogen-bond acceptors (Lipinski definition) is 8. The molecular weight excluding hydrogens is 826 g/mol. The zero-order chi connectivity index (χ0) is 46.9. The van der Waals surface area contributed by atoms with Gasteiger partial charge in [0.05, 0.1) is 19.8 Å². The first-order valence-electron chi connectivity index (χ1n) is 26.9. The van der Waals surface area contributed by atoms with E-state index in [1.807, 2.05) is 0 Å². The van der Waals surface area contributed by atoms with Crippen LogP contribution in [0, 0.1) is 0 Å². The number of rotatable bonds is 52. The third kappa shape index (κ3) is 48.4. The minimum atomic E-state index is -4.62. The number of carbonyl (C=O) groups is 2. The third-order valence-corrected chi connectivity index (χ3v) is 12.9. The zero-order valence-electron chi connectivity index (χ0n) is 41.6. The molecule has 0 bridgehead atoms. The number of allylic oxidation sites excluding steroid dienone is 4. The summed E-state index contributed by atoms with van der Waals surface area (Å²) in [5.74, 6) is -1.77. The molecule has 4 N–H and O–H groups in total. The molecule has 378 valence electrons. The number of carbonyl (C=O) groups excluding carboxylic acids is 1. The van der Waals surface area contributed by atoms with E-state index in [1.165, 1.54) is 199 Å². The van der Waals surface area contributed by atoms with E-state index in [0.717, 1.165) is 44.9 Å². The highest BCUT2D eigenvalue weighted by molar-refractivity contribution is 7.47. The van der Waals surface area contributed by atoms with Gasteiger partial charge in [-0.05, 0) is 44.9 Å². The molecule has 64 heavy (non-hydrogen) atoms. The Hall–Kier alpha value is -1.55. The lowest BCUT2D eigenvalue weighted by Gasteiger charge is -2.20. The van der Waals surface area contributed by atoms with Gasteiger partial charge in [-0.2, -0.15) is 0 Å². The topological polar surface area (TPSA) is 155 Å². The van der Waals surface area contributed by atoms with Crippen molar-refractivity contribution in [2.45, 2.75) is 276 Å². The summed E-state index contributed by atoms with van der Waals surface area (Å²) in [6.45, 7) is 3.93. The number of phosphoric ester groups is 1. The van der Waals surface area contributed by atoms with Crippen LogP contribution >= 0.6 is 7.82 Å². The summed E-state index contributed by atoms with van der Waals surface area (Å²) in [5, 5.41) is 8.94. The molecule has 0 aliphatic rings. The Labute approximate surface area is 394 Å². The second-order valence-corrected chi connectivity index (χ2v) is 19.8. The van der Waals surface area contributed by atoms with Crippen LogP contribution < -0.4 is 5.73 Å². The molecule has 11 heteroatoms. The number of carboxylic acids is 1. The van der Waals surface area contributed by atoms with Crippen LogP contribution in [0.15, 0.2) is 24.3 Å². The van der Waals surface area contributed by atoms with Crippen molar-refractivity contribution in [2.75, 3.05) is 26.4 Å². The highest BCUT2D eigenvalue weighted by atomic mass is 31.2. The minimum absolute atomic E-state index is 0.0210. The molecule has 0 aromatic heterocycles. The van der Waals surface area contributed by atoms with E-state index in [2.05, 4.69) is 38.2 Å². The van der Waals surface area contributed by atoms with Crippen LogP contribution in [0.1, 0.15) is 264 Å². The first kappa shape index (κ1) is 62.4. The fourth-order valence-electron chi connectivity index (χ4n) is 7.81. The van der Waals surface area contributed by atoms with E-state index in [0.29, 0.717) is 6.61 Å². The Kier molecular flexibility index (Phi) is 48.2. The van der Waals surface area contributed by atoms with Crippen molar-refractivity contribution in [1.29, 1.82) is 0 Å². The molecule has 0 aliphatic carbocycles. The van der Waals surface area contributed by atoms with Crippen molar-refractivity contribution in [3.63, 3.8) is 0 Å². The summed E-state index contributed by atoms with van der Waals surface area (Å²) in [5.41, 5.74) is 5.38. The summed E-state index contributed by atoms with van der Waals surface area (Å²) in [7, 11) is -4.62. The first-order chi connectivity index (χ1) is 31.2. The van der Waals surface area contributed by atoms with E-state index in [-0.39, 0.29) is 13.0 Å². The molecule has 0 saturated carbocycles. The lowest BCUT2D eigenvalue weighted by atomic mass is 10.0. The van der Waals surface area contributed by atoms with Crippen LogP contribution in [0.5, 0.6) is 0 Å². The molecule has 0 rings (SSSR count). The quantitative estimate of drug-likeness (QED) is 0.0232. The predicted molar refractivity (Wildman–Crippen MR) is 268 cm³/mol. The molecule has 0 saturated heterocycles. The number of unbranched alkanes of at least 4 members (excludes halogenated alkanes) is 34. The SMILES string of the molecule is CCCCCCC/C=C\C/C=C\CCCCCCCCCCCCCCOCC(COP(=O)(O)OCC(N)C(=O)O)OC(=O)CCCCCCCCCCCCCCCCCCCC. The second kappa shape index (κ2) is 49.4. The van der Waals surface area contributed by atoms with E-state index in [4.69, 9.17) is 29.4 Å². The number of carboxylic acid groups (broad SMARTS) is 1. The predicted octanol–water partition coefficient (Wildman–Crippen LogP) is 15.8. The van der Waals surface area contributed by atoms with Crippen molar-refractivity contribution in [2.24, 2.45) is 5.73 Å². The number of phosphoric acid groups is 1. The van der Waals surface area contributed by atoms with E-state index in [1.54, 1.807) is 0 Å². The van der Waals surface area contributed by atoms with Gasteiger partial charge in [0.15, 0.2) is 0 Å². The summed E-state index contributed by atoms with van der Waals surface area (Å²) in [6, 6.07) is -1.47. The molecule has 10 nitrogen and oxygen atoms in total. The van der Waals surface area contributed by atoms with Gasteiger partial charge in [-0.1, -0.05) is 237 Å². The van der Waals surface area contributed by atoms with Gasteiger partial charge in [-0.15, -0.1) is 0 Å². The fourth-order valence-corrected chi connectivity index (χ4v) is 8.59. The Morgan fingerprint density at radius 2 is 0.859 bits per heavy atom. The number of nitrogens with two attached hydrogens (primary N) is 1. The van der Waals surface area contributed by atoms with Crippen molar-refractivity contribution in [3.8, 4) is 0 Å². The highest BCUT2D eigenvalue weighted by Gasteiger charge is 2.27. The van der Waals surface area contributed by atoms with Crippen LogP contribution in [0.2, 0.25) is 0 Å². The largest absolute Gasteiger partial charge is 0.480 e. The Balaban J connectivity index is 4.07. The van der Waals surface area contributed by atoms with Gasteiger partial charge in [0.2, 0.25) is 0 Å². The molecule has 0 radical (unpaired) electrons. The van der Waals surface area contributed by atoms with E-state index < -0.39 is 45.1 Å². The summed E-state index contributed by atoms with van der Waals surface area (Å²) < 4.78 is 33.6. The van der Waals surface area contributed by atoms with Crippen molar-refractivity contribution in [1.82, 2.24) is 0 Å². The molecule has 0 fully saturated rings. The van der Waals surface area contributed by atoms with Crippen molar-refractivity contribution in [3.05, 3.63) is 24.3 Å². The molecule has 0 aromatic carbocycles. The Bertz CT molecular complexity index is 1120. The van der Waals surface area contributed by atoms with Gasteiger partial charge in [0.25, 0.3) is 0 Å². The third-order valence-electron chi connectivity index (χ3n) is 12.0. The molecular formula is C53H102NO9P. The van der Waals surface area contributed by atoms with Crippen LogP contribution in [0.3, 0.4) is 0 Å². The van der Waals surface area contributed by atoms with Gasteiger partial charge in [0.1, 0.15) is 12.1 Å². The van der Waals surface area contributed by atoms with Gasteiger partial charge in [0, 0.05) is 13.0 Å². The number of esters is 1. The lowest BCUT2D eigenvalue weighted by molar-refractivity contribution is -0.154. The monoisotopic (exact) mass is 928 g/mol. The molecule has 0 spiro atoms. The number of aliphatic carboxylic acids is 1. The van der Waals surface area contributed by atoms with Crippen LogP contribution in [0.4, 0.5) is 0 Å². The second-order valence-electron chi connectivity index (χ2n) is 18.4. The molecule has 3 atom stereocenters. The molecule has 3 unspecified atom stereocenters. The zero-order valence-corrected chi connectivity index (χ0v) is 42.5. The van der Waals surface area contributed by atoms with Crippen LogP contribution in [-0.4, -0.2) is 60.5 Å². The normalized spacial score (nSPS) is 13.8. The molecule has 0 heterocycles. The summed E-state index contributed by atoms with van der Waals surface area (Å²) in [6.07, 6.45) is 56.7. The molecule has 0 aromatic rings. The number of hydrogen-bond donors (Lipinski definition) is 3. The van der Waals surface area contributed by atoms with Crippen LogP contribution in [0.25, 0.3) is 0 Å². The van der Waals surface area contributed by atoms with E-state index in [9.17, 15) is 19.0 Å². The van der Waals surface area contributed by atoms with Gasteiger partial charge in [-0.25, -0.2) is 4.57 Å². The highest BCUT2D eigenvalue weighted by Crippen LogP contribution is 2.43. The van der Waals surface area contributed by atoms with Gasteiger partial charge < -0.3 is 25.2 Å². The van der Waals surface area contributed by atoms with Gasteiger partial charge >= 0.3 is 19.8 Å².